The van der Waals surface area contributed by atoms with Gasteiger partial charge >= 0.3 is 0 Å². The third kappa shape index (κ3) is 3.92. The Kier molecular flexibility index (Phi) is 5.40. The fourth-order valence-corrected chi connectivity index (χ4v) is 4.04. The lowest BCUT2D eigenvalue weighted by Gasteiger charge is -2.01. The third-order valence-electron chi connectivity index (χ3n) is 4.07. The maximum absolute atomic E-state index is 13.7. The lowest BCUT2D eigenvalue weighted by atomic mass is 10.1. The minimum absolute atomic E-state index is 0.284. The molecule has 1 aromatic carbocycles. The van der Waals surface area contributed by atoms with E-state index in [2.05, 4.69) is 20.3 Å². The first-order valence-corrected chi connectivity index (χ1v) is 10.4. The van der Waals surface area contributed by atoms with Crippen molar-refractivity contribution in [1.29, 1.82) is 0 Å². The Hall–Kier alpha value is -2.72. The molecule has 4 rings (SSSR count). The van der Waals surface area contributed by atoms with E-state index in [-0.39, 0.29) is 5.82 Å². The molecular weight excluding hydrogens is 399 g/mol. The molecule has 0 aliphatic rings. The zero-order valence-electron chi connectivity index (χ0n) is 15.0. The van der Waals surface area contributed by atoms with Crippen LogP contribution in [0.3, 0.4) is 0 Å². The third-order valence-corrected chi connectivity index (χ3v) is 5.97. The molecule has 0 atom stereocenters. The van der Waals surface area contributed by atoms with Crippen LogP contribution in [-0.4, -0.2) is 30.8 Å². The van der Waals surface area contributed by atoms with Crippen LogP contribution in [0.1, 0.15) is 17.9 Å². The summed E-state index contributed by atoms with van der Waals surface area (Å²) in [7, 11) is 0. The second kappa shape index (κ2) is 8.11. The van der Waals surface area contributed by atoms with Gasteiger partial charge in [0.25, 0.3) is 0 Å². The standard InChI is InChI=1S/C18H17FN6OS2/c1-11-6-7-12(10-13(11)19)16-21-15(26-24-16)5-3-9-28-18-23-22-17(25(18)20)14-4-2-8-27-14/h2,4,6-8,10H,3,5,9,20H2,1H3. The molecule has 7 nitrogen and oxygen atoms in total. The first kappa shape index (κ1) is 18.6. The first-order chi connectivity index (χ1) is 13.6. The van der Waals surface area contributed by atoms with Gasteiger partial charge in [0.05, 0.1) is 4.88 Å². The predicted molar refractivity (Wildman–Crippen MR) is 107 cm³/mol. The summed E-state index contributed by atoms with van der Waals surface area (Å²) >= 11 is 3.09. The number of nitrogen functional groups attached to an aromatic ring is 1. The number of nitrogens with two attached hydrogens (primary N) is 1. The maximum Gasteiger partial charge on any atom is 0.226 e. The van der Waals surface area contributed by atoms with E-state index in [1.54, 1.807) is 30.4 Å². The second-order valence-corrected chi connectivity index (χ2v) is 8.09. The van der Waals surface area contributed by atoms with Crippen molar-refractivity contribution < 1.29 is 8.91 Å². The highest BCUT2D eigenvalue weighted by Gasteiger charge is 2.14. The summed E-state index contributed by atoms with van der Waals surface area (Å²) in [6, 6.07) is 8.80. The monoisotopic (exact) mass is 416 g/mol. The number of rotatable bonds is 7. The highest BCUT2D eigenvalue weighted by Crippen LogP contribution is 2.25. The maximum atomic E-state index is 13.7. The Morgan fingerprint density at radius 3 is 2.96 bits per heavy atom. The number of hydrogen-bond donors (Lipinski definition) is 1. The van der Waals surface area contributed by atoms with E-state index in [0.717, 1.165) is 17.1 Å². The summed E-state index contributed by atoms with van der Waals surface area (Å²) in [5.74, 6) is 8.14. The molecule has 2 N–H and O–H groups in total. The van der Waals surface area contributed by atoms with E-state index in [0.29, 0.717) is 40.2 Å². The number of thiophene rings is 1. The summed E-state index contributed by atoms with van der Waals surface area (Å²) in [6.45, 7) is 1.71. The highest BCUT2D eigenvalue weighted by molar-refractivity contribution is 7.99. The molecule has 3 heterocycles. The Balaban J connectivity index is 1.32. The SMILES string of the molecule is Cc1ccc(-c2noc(CCCSc3nnc(-c4cccs4)n3N)n2)cc1F. The number of aromatic nitrogens is 5. The number of thioether (sulfide) groups is 1. The smallest absolute Gasteiger partial charge is 0.226 e. The molecule has 0 unspecified atom stereocenters. The van der Waals surface area contributed by atoms with Gasteiger partial charge in [-0.05, 0) is 36.4 Å². The number of halogens is 1. The second-order valence-electron chi connectivity index (χ2n) is 6.08. The van der Waals surface area contributed by atoms with Crippen LogP contribution in [-0.2, 0) is 6.42 Å². The van der Waals surface area contributed by atoms with Gasteiger partial charge in [-0.25, -0.2) is 9.07 Å². The molecule has 3 aromatic heterocycles. The summed E-state index contributed by atoms with van der Waals surface area (Å²) in [5.41, 5.74) is 1.18. The molecular formula is C18H17FN6OS2. The molecule has 0 saturated carbocycles. The topological polar surface area (TPSA) is 95.7 Å². The van der Waals surface area contributed by atoms with Gasteiger partial charge < -0.3 is 10.4 Å². The van der Waals surface area contributed by atoms with Crippen molar-refractivity contribution >= 4 is 23.1 Å². The van der Waals surface area contributed by atoms with Gasteiger partial charge in [0, 0.05) is 17.7 Å². The number of nitrogens with zero attached hydrogens (tertiary/aromatic N) is 5. The number of aryl methyl sites for hydroxylation is 2. The van der Waals surface area contributed by atoms with Gasteiger partial charge in [-0.1, -0.05) is 35.1 Å². The van der Waals surface area contributed by atoms with Crippen molar-refractivity contribution in [2.75, 3.05) is 11.6 Å². The van der Waals surface area contributed by atoms with Crippen LogP contribution in [0.25, 0.3) is 22.1 Å². The zero-order chi connectivity index (χ0) is 19.5. The molecule has 144 valence electrons. The Morgan fingerprint density at radius 1 is 1.29 bits per heavy atom. The van der Waals surface area contributed by atoms with Crippen LogP contribution in [0.4, 0.5) is 4.39 Å². The number of hydrogen-bond acceptors (Lipinski definition) is 8. The van der Waals surface area contributed by atoms with Crippen LogP contribution >= 0.6 is 23.1 Å². The highest BCUT2D eigenvalue weighted by atomic mass is 32.2. The van der Waals surface area contributed by atoms with Gasteiger partial charge in [-0.2, -0.15) is 4.98 Å². The Labute approximate surface area is 168 Å². The molecule has 0 aliphatic carbocycles. The van der Waals surface area contributed by atoms with E-state index in [9.17, 15) is 4.39 Å². The Bertz CT molecular complexity index is 1080. The fraction of sp³-hybridized carbons (Fsp3) is 0.222. The summed E-state index contributed by atoms with van der Waals surface area (Å²) in [6.07, 6.45) is 1.42. The van der Waals surface area contributed by atoms with Crippen molar-refractivity contribution in [2.24, 2.45) is 0 Å². The van der Waals surface area contributed by atoms with Gasteiger partial charge in [0.2, 0.25) is 16.9 Å². The van der Waals surface area contributed by atoms with Crippen molar-refractivity contribution in [3.63, 3.8) is 0 Å². The van der Waals surface area contributed by atoms with E-state index < -0.39 is 0 Å². The molecule has 0 amide bonds. The van der Waals surface area contributed by atoms with Crippen LogP contribution in [0, 0.1) is 12.7 Å². The van der Waals surface area contributed by atoms with E-state index >= 15 is 0 Å². The largest absolute Gasteiger partial charge is 0.339 e. The summed E-state index contributed by atoms with van der Waals surface area (Å²) < 4.78 is 20.5. The molecule has 0 saturated heterocycles. The van der Waals surface area contributed by atoms with Crippen LogP contribution in [0.2, 0.25) is 0 Å². The molecule has 0 fully saturated rings. The summed E-state index contributed by atoms with van der Waals surface area (Å²) in [4.78, 5) is 5.32. The van der Waals surface area contributed by atoms with Crippen LogP contribution in [0.15, 0.2) is 45.4 Å². The number of benzene rings is 1. The Morgan fingerprint density at radius 2 is 2.18 bits per heavy atom. The van der Waals surface area contributed by atoms with Gasteiger partial charge in [0.15, 0.2) is 5.82 Å². The zero-order valence-corrected chi connectivity index (χ0v) is 16.6. The lowest BCUT2D eigenvalue weighted by Crippen LogP contribution is -2.11. The minimum Gasteiger partial charge on any atom is -0.339 e. The van der Waals surface area contributed by atoms with Gasteiger partial charge in [0.1, 0.15) is 5.82 Å². The van der Waals surface area contributed by atoms with Crippen molar-refractivity contribution in [3.8, 4) is 22.1 Å². The molecule has 0 spiro atoms. The lowest BCUT2D eigenvalue weighted by molar-refractivity contribution is 0.378. The van der Waals surface area contributed by atoms with Crippen LogP contribution in [0.5, 0.6) is 0 Å². The average Bonchev–Trinajstić information content (AvgIpc) is 3.43. The molecule has 4 aromatic rings. The molecule has 10 heteroatoms. The molecule has 0 aliphatic heterocycles. The normalized spacial score (nSPS) is 11.2. The molecule has 0 bridgehead atoms. The van der Waals surface area contributed by atoms with Gasteiger partial charge in [-0.15, -0.1) is 21.5 Å². The van der Waals surface area contributed by atoms with Crippen molar-refractivity contribution in [2.45, 2.75) is 24.9 Å². The van der Waals surface area contributed by atoms with E-state index in [1.165, 1.54) is 22.5 Å². The van der Waals surface area contributed by atoms with Crippen molar-refractivity contribution in [1.82, 2.24) is 25.0 Å². The fourth-order valence-electron chi connectivity index (χ4n) is 2.54. The van der Waals surface area contributed by atoms with E-state index in [1.807, 2.05) is 17.5 Å². The molecule has 28 heavy (non-hydrogen) atoms. The molecule has 0 radical (unpaired) electrons. The predicted octanol–water partition coefficient (Wildman–Crippen LogP) is 3.94. The van der Waals surface area contributed by atoms with Crippen molar-refractivity contribution in [3.05, 3.63) is 53.0 Å². The average molecular weight is 417 g/mol. The summed E-state index contributed by atoms with van der Waals surface area (Å²) in [5, 5.41) is 14.9. The quantitative estimate of drug-likeness (QED) is 0.277. The first-order valence-electron chi connectivity index (χ1n) is 8.58. The van der Waals surface area contributed by atoms with Gasteiger partial charge in [-0.3, -0.25) is 0 Å². The van der Waals surface area contributed by atoms with E-state index in [4.69, 9.17) is 10.4 Å². The van der Waals surface area contributed by atoms with Crippen LogP contribution < -0.4 is 5.84 Å². The minimum atomic E-state index is -0.284.